The molecule has 0 aliphatic carbocycles. The van der Waals surface area contributed by atoms with Crippen molar-refractivity contribution < 1.29 is 9.18 Å². The Kier molecular flexibility index (Phi) is 4.39. The Balaban J connectivity index is 1.85. The summed E-state index contributed by atoms with van der Waals surface area (Å²) in [6.07, 6.45) is 2.25. The zero-order valence-electron chi connectivity index (χ0n) is 12.5. The summed E-state index contributed by atoms with van der Waals surface area (Å²) in [4.78, 5) is 14.4. The minimum Gasteiger partial charge on any atom is -0.397 e. The minimum atomic E-state index is -0.386. The maximum atomic E-state index is 12.9. The van der Waals surface area contributed by atoms with Crippen LogP contribution in [0.1, 0.15) is 23.2 Å². The molecule has 0 spiro atoms. The van der Waals surface area contributed by atoms with Crippen LogP contribution in [0.2, 0.25) is 5.02 Å². The summed E-state index contributed by atoms with van der Waals surface area (Å²) in [6.45, 7) is 1.88. The van der Waals surface area contributed by atoms with Gasteiger partial charge in [-0.3, -0.25) is 4.79 Å². The number of nitrogens with zero attached hydrogens (tertiary/aromatic N) is 1. The van der Waals surface area contributed by atoms with Crippen LogP contribution in [0.15, 0.2) is 36.4 Å². The first-order valence-electron chi connectivity index (χ1n) is 7.45. The van der Waals surface area contributed by atoms with Crippen LogP contribution in [0.5, 0.6) is 0 Å². The first-order chi connectivity index (χ1) is 11.0. The first kappa shape index (κ1) is 15.6. The highest BCUT2D eigenvalue weighted by atomic mass is 35.5. The number of nitrogens with two attached hydrogens (primary N) is 1. The fourth-order valence-corrected chi connectivity index (χ4v) is 2.92. The van der Waals surface area contributed by atoms with Crippen LogP contribution >= 0.6 is 11.6 Å². The van der Waals surface area contributed by atoms with E-state index in [4.69, 9.17) is 17.3 Å². The van der Waals surface area contributed by atoms with Crippen LogP contribution in [-0.2, 0) is 0 Å². The van der Waals surface area contributed by atoms with E-state index in [2.05, 4.69) is 10.2 Å². The van der Waals surface area contributed by atoms with E-state index in [1.807, 2.05) is 0 Å². The van der Waals surface area contributed by atoms with Gasteiger partial charge in [-0.15, -0.1) is 0 Å². The summed E-state index contributed by atoms with van der Waals surface area (Å²) in [6, 6.07) is 8.79. The molecule has 3 rings (SSSR count). The molecule has 0 unspecified atom stereocenters. The van der Waals surface area contributed by atoms with Gasteiger partial charge >= 0.3 is 0 Å². The number of nitrogens with one attached hydrogen (secondary N) is 1. The third-order valence-electron chi connectivity index (χ3n) is 3.92. The van der Waals surface area contributed by atoms with Crippen molar-refractivity contribution in [3.8, 4) is 0 Å². The number of halogens is 2. The quantitative estimate of drug-likeness (QED) is 0.837. The second kappa shape index (κ2) is 6.46. The summed E-state index contributed by atoms with van der Waals surface area (Å²) in [7, 11) is 0. The Morgan fingerprint density at radius 2 is 1.83 bits per heavy atom. The van der Waals surface area contributed by atoms with E-state index in [0.717, 1.165) is 31.6 Å². The number of carbonyl (C=O) groups is 1. The molecule has 2 aromatic carbocycles. The molecule has 6 heteroatoms. The summed E-state index contributed by atoms with van der Waals surface area (Å²) >= 11 is 6.19. The van der Waals surface area contributed by atoms with E-state index < -0.39 is 0 Å². The molecule has 1 heterocycles. The largest absolute Gasteiger partial charge is 0.397 e. The van der Waals surface area contributed by atoms with Gasteiger partial charge in [0.25, 0.3) is 5.91 Å². The summed E-state index contributed by atoms with van der Waals surface area (Å²) in [5.74, 6) is -0.729. The van der Waals surface area contributed by atoms with Crippen LogP contribution in [0.4, 0.5) is 21.5 Å². The lowest BCUT2D eigenvalue weighted by molar-refractivity contribution is 0.102. The minimum absolute atomic E-state index is 0.343. The van der Waals surface area contributed by atoms with E-state index >= 15 is 0 Å². The van der Waals surface area contributed by atoms with E-state index in [1.54, 1.807) is 12.1 Å². The number of carbonyl (C=O) groups excluding carboxylic acids is 1. The molecule has 4 nitrogen and oxygen atoms in total. The standard InChI is InChI=1S/C17H17ClFN3O/c18-13-9-14(20)16(22-7-1-2-8-22)10-15(13)21-17(23)11-3-5-12(19)6-4-11/h3-6,9-10H,1-2,7-8,20H2,(H,21,23). The normalized spacial score (nSPS) is 14.1. The van der Waals surface area contributed by atoms with Crippen LogP contribution in [0, 0.1) is 5.82 Å². The van der Waals surface area contributed by atoms with Crippen LogP contribution < -0.4 is 16.0 Å². The van der Waals surface area contributed by atoms with Crippen molar-refractivity contribution in [1.29, 1.82) is 0 Å². The van der Waals surface area contributed by atoms with Gasteiger partial charge in [0.05, 0.1) is 22.1 Å². The topological polar surface area (TPSA) is 58.4 Å². The highest BCUT2D eigenvalue weighted by molar-refractivity contribution is 6.34. The molecule has 0 radical (unpaired) electrons. The molecule has 0 aromatic heterocycles. The van der Waals surface area contributed by atoms with Crippen molar-refractivity contribution in [3.05, 3.63) is 52.8 Å². The Morgan fingerprint density at radius 3 is 2.48 bits per heavy atom. The van der Waals surface area contributed by atoms with Gasteiger partial charge in [0.2, 0.25) is 0 Å². The van der Waals surface area contributed by atoms with Crippen molar-refractivity contribution in [2.45, 2.75) is 12.8 Å². The van der Waals surface area contributed by atoms with Crippen LogP contribution in [0.3, 0.4) is 0 Å². The Labute approximate surface area is 139 Å². The van der Waals surface area contributed by atoms with Crippen LogP contribution in [0.25, 0.3) is 0 Å². The number of anilines is 3. The van der Waals surface area contributed by atoms with Crippen LogP contribution in [-0.4, -0.2) is 19.0 Å². The number of rotatable bonds is 3. The third-order valence-corrected chi connectivity index (χ3v) is 4.23. The lowest BCUT2D eigenvalue weighted by Gasteiger charge is -2.21. The zero-order valence-corrected chi connectivity index (χ0v) is 13.2. The molecule has 1 saturated heterocycles. The SMILES string of the molecule is Nc1cc(Cl)c(NC(=O)c2ccc(F)cc2)cc1N1CCCC1. The lowest BCUT2D eigenvalue weighted by Crippen LogP contribution is -2.20. The highest BCUT2D eigenvalue weighted by Crippen LogP contribution is 2.35. The highest BCUT2D eigenvalue weighted by Gasteiger charge is 2.18. The van der Waals surface area contributed by atoms with Gasteiger partial charge in [-0.25, -0.2) is 4.39 Å². The maximum absolute atomic E-state index is 12.9. The predicted octanol–water partition coefficient (Wildman–Crippen LogP) is 3.91. The second-order valence-electron chi connectivity index (χ2n) is 5.55. The molecule has 2 aromatic rings. The molecule has 1 fully saturated rings. The number of hydrogen-bond acceptors (Lipinski definition) is 3. The van der Waals surface area contributed by atoms with Gasteiger partial charge in [-0.1, -0.05) is 11.6 Å². The van der Waals surface area contributed by atoms with Crippen molar-refractivity contribution in [2.24, 2.45) is 0 Å². The van der Waals surface area contributed by atoms with Crippen molar-refractivity contribution in [2.75, 3.05) is 29.0 Å². The molecular weight excluding hydrogens is 317 g/mol. The first-order valence-corrected chi connectivity index (χ1v) is 7.83. The Morgan fingerprint density at radius 1 is 1.17 bits per heavy atom. The fraction of sp³-hybridized carbons (Fsp3) is 0.235. The smallest absolute Gasteiger partial charge is 0.255 e. The molecule has 1 aliphatic rings. The van der Waals surface area contributed by atoms with Gasteiger partial charge in [0.1, 0.15) is 5.82 Å². The van der Waals surface area contributed by atoms with Crippen molar-refractivity contribution >= 4 is 34.6 Å². The van der Waals surface area contributed by atoms with Gasteiger partial charge in [0, 0.05) is 18.7 Å². The Hall–Kier alpha value is -2.27. The summed E-state index contributed by atoms with van der Waals surface area (Å²) in [5, 5.41) is 3.14. The van der Waals surface area contributed by atoms with Gasteiger partial charge < -0.3 is 16.0 Å². The van der Waals surface area contributed by atoms with E-state index in [-0.39, 0.29) is 11.7 Å². The van der Waals surface area contributed by atoms with E-state index in [1.165, 1.54) is 24.3 Å². The third kappa shape index (κ3) is 3.40. The van der Waals surface area contributed by atoms with Gasteiger partial charge in [-0.2, -0.15) is 0 Å². The lowest BCUT2D eigenvalue weighted by atomic mass is 10.2. The summed E-state index contributed by atoms with van der Waals surface area (Å²) in [5.41, 5.74) is 8.38. The van der Waals surface area contributed by atoms with Gasteiger partial charge in [-0.05, 0) is 49.2 Å². The molecule has 3 N–H and O–H groups in total. The number of benzene rings is 2. The van der Waals surface area contributed by atoms with E-state index in [0.29, 0.717) is 22.0 Å². The van der Waals surface area contributed by atoms with Crippen molar-refractivity contribution in [1.82, 2.24) is 0 Å². The maximum Gasteiger partial charge on any atom is 0.255 e. The number of amides is 1. The fourth-order valence-electron chi connectivity index (χ4n) is 2.70. The van der Waals surface area contributed by atoms with Crippen molar-refractivity contribution in [3.63, 3.8) is 0 Å². The Bertz CT molecular complexity index is 727. The molecule has 23 heavy (non-hydrogen) atoms. The molecule has 120 valence electrons. The monoisotopic (exact) mass is 333 g/mol. The average molecular weight is 334 g/mol. The second-order valence-corrected chi connectivity index (χ2v) is 5.95. The summed E-state index contributed by atoms with van der Waals surface area (Å²) < 4.78 is 12.9. The molecule has 1 aliphatic heterocycles. The average Bonchev–Trinajstić information content (AvgIpc) is 3.04. The van der Waals surface area contributed by atoms with Gasteiger partial charge in [0.15, 0.2) is 0 Å². The van der Waals surface area contributed by atoms with E-state index in [9.17, 15) is 9.18 Å². The molecular formula is C17H17ClFN3O. The molecule has 1 amide bonds. The predicted molar refractivity (Wildman–Crippen MR) is 91.7 cm³/mol. The molecule has 0 bridgehead atoms. The molecule has 0 saturated carbocycles. The molecule has 0 atom stereocenters. The number of nitrogen functional groups attached to an aromatic ring is 1. The zero-order chi connectivity index (χ0) is 16.4. The number of hydrogen-bond donors (Lipinski definition) is 2.